The predicted molar refractivity (Wildman–Crippen MR) is 97.1 cm³/mol. The van der Waals surface area contributed by atoms with E-state index < -0.39 is 10.0 Å². The summed E-state index contributed by atoms with van der Waals surface area (Å²) >= 11 is 0. The fourth-order valence-electron chi connectivity index (χ4n) is 2.65. The highest BCUT2D eigenvalue weighted by Gasteiger charge is 2.12. The Morgan fingerprint density at radius 1 is 1.16 bits per heavy atom. The van der Waals surface area contributed by atoms with Gasteiger partial charge in [-0.15, -0.1) is 0 Å². The number of fused-ring (bicyclic) bond motifs is 1. The van der Waals surface area contributed by atoms with E-state index in [0.717, 1.165) is 35.3 Å². The Hall–Kier alpha value is -2.25. The van der Waals surface area contributed by atoms with Gasteiger partial charge in [-0.3, -0.25) is 0 Å². The number of hydrogen-bond acceptors (Lipinski definition) is 4. The van der Waals surface area contributed by atoms with E-state index in [9.17, 15) is 8.42 Å². The summed E-state index contributed by atoms with van der Waals surface area (Å²) in [6, 6.07) is 8.92. The number of aryl methyl sites for hydroxylation is 3. The van der Waals surface area contributed by atoms with Crippen LogP contribution in [0.25, 0.3) is 5.65 Å². The fraction of sp³-hybridized carbons (Fsp3) is 0.333. The molecule has 0 aliphatic rings. The van der Waals surface area contributed by atoms with Crippen LogP contribution in [-0.4, -0.2) is 29.6 Å². The number of hydrogen-bond donors (Lipinski definition) is 1. The summed E-state index contributed by atoms with van der Waals surface area (Å²) < 4.78 is 29.0. The smallest absolute Gasteiger partial charge is 0.237 e. The van der Waals surface area contributed by atoms with Crippen LogP contribution in [0, 0.1) is 6.92 Å². The number of rotatable bonds is 7. The average molecular weight is 358 g/mol. The first-order valence-electron chi connectivity index (χ1n) is 8.37. The molecule has 1 aromatic carbocycles. The van der Waals surface area contributed by atoms with Gasteiger partial charge < -0.3 is 0 Å². The summed E-state index contributed by atoms with van der Waals surface area (Å²) in [5.41, 5.74) is 3.89. The van der Waals surface area contributed by atoms with E-state index >= 15 is 0 Å². The maximum absolute atomic E-state index is 12.3. The third kappa shape index (κ3) is 4.24. The molecule has 0 saturated heterocycles. The molecule has 0 fully saturated rings. The molecule has 0 atom stereocenters. The monoisotopic (exact) mass is 358 g/mol. The van der Waals surface area contributed by atoms with Gasteiger partial charge in [0.25, 0.3) is 0 Å². The minimum Gasteiger partial charge on any atom is -0.237 e. The summed E-state index contributed by atoms with van der Waals surface area (Å²) in [6.07, 6.45) is 6.07. The third-order valence-corrected chi connectivity index (χ3v) is 5.54. The number of sulfonamides is 1. The molecule has 0 bridgehead atoms. The first kappa shape index (κ1) is 17.6. The Morgan fingerprint density at radius 3 is 2.64 bits per heavy atom. The number of nitrogens with one attached hydrogen (secondary N) is 1. The van der Waals surface area contributed by atoms with E-state index in [4.69, 9.17) is 0 Å². The molecule has 0 unspecified atom stereocenters. The number of aromatic nitrogens is 3. The van der Waals surface area contributed by atoms with E-state index in [-0.39, 0.29) is 0 Å². The Bertz CT molecular complexity index is 962. The molecule has 3 rings (SSSR count). The minimum atomic E-state index is -3.45. The Morgan fingerprint density at radius 2 is 1.92 bits per heavy atom. The zero-order valence-electron chi connectivity index (χ0n) is 14.4. The second-order valence-electron chi connectivity index (χ2n) is 6.05. The van der Waals surface area contributed by atoms with Crippen LogP contribution in [0.2, 0.25) is 0 Å². The van der Waals surface area contributed by atoms with Gasteiger partial charge in [0.1, 0.15) is 0 Å². The molecule has 0 amide bonds. The Labute approximate surface area is 148 Å². The third-order valence-electron chi connectivity index (χ3n) is 4.07. The highest BCUT2D eigenvalue weighted by molar-refractivity contribution is 7.89. The first-order valence-corrected chi connectivity index (χ1v) is 9.86. The van der Waals surface area contributed by atoms with Gasteiger partial charge in [0.2, 0.25) is 10.0 Å². The van der Waals surface area contributed by atoms with Crippen molar-refractivity contribution in [2.75, 3.05) is 6.54 Å². The molecule has 0 aliphatic carbocycles. The SMILES string of the molecule is CCc1ccc(S(=O)(=O)NCCCc2cnc3cc(C)nn3c2)cc1. The van der Waals surface area contributed by atoms with Gasteiger partial charge in [-0.05, 0) is 49.4 Å². The van der Waals surface area contributed by atoms with Gasteiger partial charge in [-0.2, -0.15) is 5.10 Å². The van der Waals surface area contributed by atoms with Crippen molar-refractivity contribution >= 4 is 15.7 Å². The van der Waals surface area contributed by atoms with Crippen LogP contribution in [0.3, 0.4) is 0 Å². The first-order chi connectivity index (χ1) is 12.0. The molecule has 1 N–H and O–H groups in total. The van der Waals surface area contributed by atoms with Gasteiger partial charge in [-0.1, -0.05) is 19.1 Å². The van der Waals surface area contributed by atoms with Crippen molar-refractivity contribution in [2.45, 2.75) is 38.0 Å². The van der Waals surface area contributed by atoms with Crippen molar-refractivity contribution in [1.29, 1.82) is 0 Å². The van der Waals surface area contributed by atoms with Gasteiger partial charge in [-0.25, -0.2) is 22.6 Å². The lowest BCUT2D eigenvalue weighted by Crippen LogP contribution is -2.25. The topological polar surface area (TPSA) is 76.4 Å². The lowest BCUT2D eigenvalue weighted by Gasteiger charge is -2.07. The molecule has 0 radical (unpaired) electrons. The van der Waals surface area contributed by atoms with Crippen LogP contribution < -0.4 is 4.72 Å². The lowest BCUT2D eigenvalue weighted by molar-refractivity contribution is 0.579. The van der Waals surface area contributed by atoms with Crippen molar-refractivity contribution in [2.24, 2.45) is 0 Å². The van der Waals surface area contributed by atoms with Crippen LogP contribution >= 0.6 is 0 Å². The molecule has 7 heteroatoms. The maximum atomic E-state index is 12.3. The van der Waals surface area contributed by atoms with E-state index in [2.05, 4.69) is 14.8 Å². The Balaban J connectivity index is 1.55. The van der Waals surface area contributed by atoms with Crippen LogP contribution in [0.4, 0.5) is 0 Å². The van der Waals surface area contributed by atoms with Crippen LogP contribution in [0.15, 0.2) is 47.6 Å². The van der Waals surface area contributed by atoms with E-state index in [1.54, 1.807) is 16.6 Å². The maximum Gasteiger partial charge on any atom is 0.240 e. The van der Waals surface area contributed by atoms with Gasteiger partial charge in [0, 0.05) is 25.0 Å². The second kappa shape index (κ2) is 7.33. The number of benzene rings is 1. The average Bonchev–Trinajstić information content (AvgIpc) is 2.98. The molecule has 2 heterocycles. The summed E-state index contributed by atoms with van der Waals surface area (Å²) in [7, 11) is -3.45. The van der Waals surface area contributed by atoms with E-state index in [1.807, 2.05) is 44.4 Å². The molecule has 2 aromatic heterocycles. The summed E-state index contributed by atoms with van der Waals surface area (Å²) in [4.78, 5) is 4.66. The fourth-order valence-corrected chi connectivity index (χ4v) is 3.72. The van der Waals surface area contributed by atoms with Crippen molar-refractivity contribution in [3.8, 4) is 0 Å². The normalized spacial score (nSPS) is 11.9. The summed E-state index contributed by atoms with van der Waals surface area (Å²) in [6.45, 7) is 4.35. The molecule has 132 valence electrons. The highest BCUT2D eigenvalue weighted by Crippen LogP contribution is 2.11. The summed E-state index contributed by atoms with van der Waals surface area (Å²) in [5.74, 6) is 0. The standard InChI is InChI=1S/C18H22N4O2S/c1-3-15-6-8-17(9-7-15)25(23,24)20-10-4-5-16-12-19-18-11-14(2)21-22(18)13-16/h6-9,11-13,20H,3-5,10H2,1-2H3. The van der Waals surface area contributed by atoms with Crippen LogP contribution in [-0.2, 0) is 22.9 Å². The second-order valence-corrected chi connectivity index (χ2v) is 7.82. The molecule has 3 aromatic rings. The van der Waals surface area contributed by atoms with Crippen molar-refractivity contribution < 1.29 is 8.42 Å². The summed E-state index contributed by atoms with van der Waals surface area (Å²) in [5, 5.41) is 4.34. The van der Waals surface area contributed by atoms with E-state index in [1.165, 1.54) is 0 Å². The van der Waals surface area contributed by atoms with Gasteiger partial charge >= 0.3 is 0 Å². The lowest BCUT2D eigenvalue weighted by atomic mass is 10.2. The zero-order valence-corrected chi connectivity index (χ0v) is 15.3. The van der Waals surface area contributed by atoms with Crippen LogP contribution in [0.5, 0.6) is 0 Å². The van der Waals surface area contributed by atoms with E-state index in [0.29, 0.717) is 17.9 Å². The molecule has 0 spiro atoms. The highest BCUT2D eigenvalue weighted by atomic mass is 32.2. The van der Waals surface area contributed by atoms with Crippen molar-refractivity contribution in [3.05, 3.63) is 59.5 Å². The largest absolute Gasteiger partial charge is 0.240 e. The molecule has 0 aliphatic heterocycles. The molecule has 6 nitrogen and oxygen atoms in total. The van der Waals surface area contributed by atoms with Crippen LogP contribution in [0.1, 0.15) is 30.2 Å². The van der Waals surface area contributed by atoms with Crippen molar-refractivity contribution in [1.82, 2.24) is 19.3 Å². The predicted octanol–water partition coefficient (Wildman–Crippen LogP) is 2.51. The Kier molecular flexibility index (Phi) is 5.15. The molecular weight excluding hydrogens is 336 g/mol. The number of nitrogens with zero attached hydrogens (tertiary/aromatic N) is 3. The minimum absolute atomic E-state index is 0.305. The zero-order chi connectivity index (χ0) is 17.9. The molecular formula is C18H22N4O2S. The van der Waals surface area contributed by atoms with Gasteiger partial charge in [0.05, 0.1) is 10.6 Å². The molecule has 25 heavy (non-hydrogen) atoms. The van der Waals surface area contributed by atoms with Crippen molar-refractivity contribution in [3.63, 3.8) is 0 Å². The quantitative estimate of drug-likeness (QED) is 0.659. The molecule has 0 saturated carbocycles. The van der Waals surface area contributed by atoms with Gasteiger partial charge in [0.15, 0.2) is 5.65 Å².